The predicted octanol–water partition coefficient (Wildman–Crippen LogP) is 1.24. The smallest absolute Gasteiger partial charge is 0.343 e. The summed E-state index contributed by atoms with van der Waals surface area (Å²) in [6.45, 7) is 0. The van der Waals surface area contributed by atoms with Gasteiger partial charge >= 0.3 is 5.97 Å². The maximum atomic E-state index is 12.6. The van der Waals surface area contributed by atoms with Gasteiger partial charge < -0.3 is 14.9 Å². The molecule has 2 N–H and O–H groups in total. The summed E-state index contributed by atoms with van der Waals surface area (Å²) in [5.74, 6) is -2.97. The molecule has 0 atom stereocenters. The van der Waals surface area contributed by atoms with Gasteiger partial charge in [-0.1, -0.05) is 0 Å². The molecule has 0 heterocycles. The van der Waals surface area contributed by atoms with E-state index in [-0.39, 0.29) is 5.75 Å². The first-order chi connectivity index (χ1) is 6.06. The van der Waals surface area contributed by atoms with Crippen molar-refractivity contribution < 1.29 is 24.1 Å². The molecule has 1 rings (SSSR count). The van der Waals surface area contributed by atoms with Crippen LogP contribution in [0, 0.1) is 5.82 Å². The average Bonchev–Trinajstić information content (AvgIpc) is 2.01. The van der Waals surface area contributed by atoms with Crippen LogP contribution in [0.1, 0.15) is 10.4 Å². The number of carbonyl (C=O) groups is 1. The molecule has 5 heteroatoms. The number of halogens is 1. The first-order valence-corrected chi connectivity index (χ1v) is 3.36. The minimum Gasteiger partial charge on any atom is -0.507 e. The van der Waals surface area contributed by atoms with Gasteiger partial charge in [-0.3, -0.25) is 0 Å². The predicted molar refractivity (Wildman–Crippen MR) is 41.6 cm³/mol. The highest BCUT2D eigenvalue weighted by Gasteiger charge is 2.17. The summed E-state index contributed by atoms with van der Waals surface area (Å²) in [7, 11) is 1.20. The van der Waals surface area contributed by atoms with Crippen LogP contribution in [0.15, 0.2) is 12.1 Å². The van der Waals surface area contributed by atoms with Crippen LogP contribution in [-0.4, -0.2) is 23.3 Å². The highest BCUT2D eigenvalue weighted by atomic mass is 19.1. The highest BCUT2D eigenvalue weighted by Crippen LogP contribution is 2.28. The second kappa shape index (κ2) is 3.30. The molecule has 0 saturated heterocycles. The first kappa shape index (κ1) is 9.31. The minimum atomic E-state index is -1.37. The molecule has 70 valence electrons. The Morgan fingerprint density at radius 1 is 1.54 bits per heavy atom. The number of aromatic hydroxyl groups is 1. The van der Waals surface area contributed by atoms with Gasteiger partial charge in [0, 0.05) is 12.1 Å². The fourth-order valence-electron chi connectivity index (χ4n) is 0.944. The Morgan fingerprint density at radius 2 is 2.15 bits per heavy atom. The van der Waals surface area contributed by atoms with E-state index in [2.05, 4.69) is 4.74 Å². The van der Waals surface area contributed by atoms with E-state index >= 15 is 0 Å². The largest absolute Gasteiger partial charge is 0.507 e. The fraction of sp³-hybridized carbons (Fsp3) is 0.125. The van der Waals surface area contributed by atoms with Gasteiger partial charge in [0.15, 0.2) is 0 Å². The molecule has 4 nitrogen and oxygen atoms in total. The summed E-state index contributed by atoms with van der Waals surface area (Å²) in [5.41, 5.74) is -0.441. The quantitative estimate of drug-likeness (QED) is 0.729. The standard InChI is InChI=1S/C8H7FO4/c1-13-6-3-4(9)2-5(10)7(6)8(11)12/h2-3,10H,1H3,(H,11,12). The van der Waals surface area contributed by atoms with E-state index in [9.17, 15) is 9.18 Å². The second-order valence-corrected chi connectivity index (χ2v) is 2.31. The van der Waals surface area contributed by atoms with Gasteiger partial charge in [-0.2, -0.15) is 0 Å². The Bertz CT molecular complexity index is 348. The molecule has 0 amide bonds. The Hall–Kier alpha value is -1.78. The number of aromatic carboxylic acids is 1. The molecule has 1 aromatic carbocycles. The molecule has 0 radical (unpaired) electrons. The van der Waals surface area contributed by atoms with Crippen molar-refractivity contribution in [3.05, 3.63) is 23.5 Å². The average molecular weight is 186 g/mol. The summed E-state index contributed by atoms with van der Waals surface area (Å²) in [4.78, 5) is 10.6. The molecule has 0 aliphatic heterocycles. The topological polar surface area (TPSA) is 66.8 Å². The maximum absolute atomic E-state index is 12.6. The number of rotatable bonds is 2. The molecule has 0 aliphatic carbocycles. The lowest BCUT2D eigenvalue weighted by molar-refractivity contribution is 0.0690. The number of ether oxygens (including phenoxy) is 1. The third kappa shape index (κ3) is 1.69. The monoisotopic (exact) mass is 186 g/mol. The number of hydrogen-bond acceptors (Lipinski definition) is 3. The van der Waals surface area contributed by atoms with E-state index in [0.717, 1.165) is 6.07 Å². The fourth-order valence-corrected chi connectivity index (χ4v) is 0.944. The molecule has 0 unspecified atom stereocenters. The van der Waals surface area contributed by atoms with Crippen LogP contribution in [-0.2, 0) is 0 Å². The van der Waals surface area contributed by atoms with Gasteiger partial charge in [0.05, 0.1) is 7.11 Å². The van der Waals surface area contributed by atoms with Crippen molar-refractivity contribution in [1.82, 2.24) is 0 Å². The number of phenols is 1. The van der Waals surface area contributed by atoms with Gasteiger partial charge in [-0.15, -0.1) is 0 Å². The molecule has 0 bridgehead atoms. The van der Waals surface area contributed by atoms with Crippen molar-refractivity contribution >= 4 is 5.97 Å². The van der Waals surface area contributed by atoms with Crippen LogP contribution in [0.3, 0.4) is 0 Å². The van der Waals surface area contributed by atoms with Crippen molar-refractivity contribution in [3.63, 3.8) is 0 Å². The number of benzene rings is 1. The van der Waals surface area contributed by atoms with E-state index < -0.39 is 23.1 Å². The van der Waals surface area contributed by atoms with Crippen molar-refractivity contribution in [2.24, 2.45) is 0 Å². The maximum Gasteiger partial charge on any atom is 0.343 e. The molecular formula is C8H7FO4. The number of hydrogen-bond donors (Lipinski definition) is 2. The van der Waals surface area contributed by atoms with Gasteiger partial charge in [-0.25, -0.2) is 9.18 Å². The Balaban J connectivity index is 3.38. The van der Waals surface area contributed by atoms with E-state index in [1.54, 1.807) is 0 Å². The first-order valence-electron chi connectivity index (χ1n) is 3.36. The number of methoxy groups -OCH3 is 1. The zero-order valence-electron chi connectivity index (χ0n) is 6.74. The second-order valence-electron chi connectivity index (χ2n) is 2.31. The molecule has 0 fully saturated rings. The third-order valence-corrected chi connectivity index (χ3v) is 1.48. The normalized spacial score (nSPS) is 9.69. The van der Waals surface area contributed by atoms with E-state index in [1.165, 1.54) is 7.11 Å². The van der Waals surface area contributed by atoms with Crippen LogP contribution in [0.2, 0.25) is 0 Å². The summed E-state index contributed by atoms with van der Waals surface area (Å²) in [6.07, 6.45) is 0. The Labute approximate surface area is 73.2 Å². The third-order valence-electron chi connectivity index (χ3n) is 1.48. The van der Waals surface area contributed by atoms with Gasteiger partial charge in [0.25, 0.3) is 0 Å². The summed E-state index contributed by atoms with van der Waals surface area (Å²) >= 11 is 0. The zero-order valence-corrected chi connectivity index (χ0v) is 6.74. The van der Waals surface area contributed by atoms with Crippen LogP contribution in [0.25, 0.3) is 0 Å². The van der Waals surface area contributed by atoms with E-state index in [1.807, 2.05) is 0 Å². The van der Waals surface area contributed by atoms with Crippen molar-refractivity contribution in [2.45, 2.75) is 0 Å². The lowest BCUT2D eigenvalue weighted by Gasteiger charge is -2.06. The zero-order chi connectivity index (χ0) is 10.0. The van der Waals surface area contributed by atoms with E-state index in [0.29, 0.717) is 6.07 Å². The van der Waals surface area contributed by atoms with E-state index in [4.69, 9.17) is 10.2 Å². The van der Waals surface area contributed by atoms with Crippen LogP contribution >= 0.6 is 0 Å². The minimum absolute atomic E-state index is 0.204. The molecule has 0 aromatic heterocycles. The molecule has 1 aromatic rings. The molecule has 0 spiro atoms. The van der Waals surface area contributed by atoms with Crippen LogP contribution in [0.5, 0.6) is 11.5 Å². The molecule has 13 heavy (non-hydrogen) atoms. The SMILES string of the molecule is COc1cc(F)cc(O)c1C(=O)O. The number of carboxylic acids is 1. The Morgan fingerprint density at radius 3 is 2.62 bits per heavy atom. The van der Waals surface area contributed by atoms with Gasteiger partial charge in [-0.05, 0) is 0 Å². The van der Waals surface area contributed by atoms with Crippen molar-refractivity contribution in [2.75, 3.05) is 7.11 Å². The summed E-state index contributed by atoms with van der Waals surface area (Å²) < 4.78 is 17.2. The van der Waals surface area contributed by atoms with Gasteiger partial charge in [0.2, 0.25) is 0 Å². The Kier molecular flexibility index (Phi) is 2.36. The van der Waals surface area contributed by atoms with Crippen molar-refractivity contribution in [3.8, 4) is 11.5 Å². The van der Waals surface area contributed by atoms with Crippen LogP contribution < -0.4 is 4.74 Å². The lowest BCUT2D eigenvalue weighted by Crippen LogP contribution is -2.01. The molecule has 0 aliphatic rings. The summed E-state index contributed by atoms with van der Waals surface area (Å²) in [6, 6.07) is 1.61. The summed E-state index contributed by atoms with van der Waals surface area (Å²) in [5, 5.41) is 17.7. The highest BCUT2D eigenvalue weighted by molar-refractivity contribution is 5.94. The lowest BCUT2D eigenvalue weighted by atomic mass is 10.2. The van der Waals surface area contributed by atoms with Crippen LogP contribution in [0.4, 0.5) is 4.39 Å². The molecular weight excluding hydrogens is 179 g/mol. The molecule has 0 saturated carbocycles. The van der Waals surface area contributed by atoms with Gasteiger partial charge in [0.1, 0.15) is 22.9 Å². The number of carboxylic acid groups (broad SMARTS) is 1. The van der Waals surface area contributed by atoms with Crippen molar-refractivity contribution in [1.29, 1.82) is 0 Å².